The van der Waals surface area contributed by atoms with E-state index in [9.17, 15) is 18.3 Å². The Labute approximate surface area is 235 Å². The maximum atomic E-state index is 12.5. The fourth-order valence-corrected chi connectivity index (χ4v) is 5.71. The Morgan fingerprint density at radius 1 is 1.02 bits per heavy atom. The normalized spacial score (nSPS) is 13.3. The molecule has 2 atom stereocenters. The van der Waals surface area contributed by atoms with Crippen molar-refractivity contribution in [2.45, 2.75) is 66.4 Å². The van der Waals surface area contributed by atoms with Gasteiger partial charge in [0.1, 0.15) is 22.1 Å². The van der Waals surface area contributed by atoms with Gasteiger partial charge in [0.2, 0.25) is 5.95 Å². The first-order valence-electron chi connectivity index (χ1n) is 13.1. The molecule has 40 heavy (non-hydrogen) atoms. The summed E-state index contributed by atoms with van der Waals surface area (Å²) in [7, 11) is 0. The molecule has 12 heteroatoms. The number of aliphatic hydroxyl groups excluding tert-OH is 1. The zero-order chi connectivity index (χ0) is 29.0. The highest BCUT2D eigenvalue weighted by atomic mass is 32.1. The van der Waals surface area contributed by atoms with Gasteiger partial charge in [0.05, 0.1) is 21.7 Å². The van der Waals surface area contributed by atoms with Crippen molar-refractivity contribution in [3.05, 3.63) is 53.0 Å². The molecule has 2 unspecified atom stereocenters. The minimum absolute atomic E-state index is 0.0132. The lowest BCUT2D eigenvalue weighted by Crippen LogP contribution is -2.23. The molecule has 3 aromatic heterocycles. The summed E-state index contributed by atoms with van der Waals surface area (Å²) in [5.74, 6) is 0.869. The second-order valence-electron chi connectivity index (χ2n) is 9.85. The Kier molecular flexibility index (Phi) is 9.09. The van der Waals surface area contributed by atoms with Gasteiger partial charge in [-0.3, -0.25) is 4.98 Å². The van der Waals surface area contributed by atoms with Crippen LogP contribution in [0.1, 0.15) is 49.3 Å². The molecule has 0 bridgehead atoms. The SMILES string of the molecule is CCC(CO)CC(C)Nc1nc(NCc2ccc(OC(F)(F)F)cc2)nc(C)c1-c1nc2c(C)nc(C)cc2s1. The number of nitrogens with one attached hydrogen (secondary N) is 2. The van der Waals surface area contributed by atoms with E-state index < -0.39 is 6.36 Å². The molecule has 4 rings (SSSR count). The van der Waals surface area contributed by atoms with Crippen LogP contribution in [0.25, 0.3) is 20.8 Å². The standard InChI is InChI=1S/C28H33F3N6O2S/c1-6-19(14-38)11-15(2)34-25-23(26-36-24-18(5)33-16(3)12-22(24)40-26)17(4)35-27(37-25)32-13-20-7-9-21(10-8-20)39-28(29,30)31/h7-10,12,15,19,38H,6,11,13-14H2,1-5H3,(H2,32,34,35,37). The number of fused-ring (bicyclic) bond motifs is 1. The van der Waals surface area contributed by atoms with Gasteiger partial charge < -0.3 is 20.5 Å². The monoisotopic (exact) mass is 574 g/mol. The lowest BCUT2D eigenvalue weighted by Gasteiger charge is -2.22. The number of aliphatic hydroxyl groups is 1. The molecule has 3 N–H and O–H groups in total. The number of rotatable bonds is 11. The number of hydrogen-bond donors (Lipinski definition) is 3. The topological polar surface area (TPSA) is 105 Å². The highest BCUT2D eigenvalue weighted by molar-refractivity contribution is 7.21. The smallest absolute Gasteiger partial charge is 0.406 e. The van der Waals surface area contributed by atoms with E-state index in [-0.39, 0.29) is 24.3 Å². The van der Waals surface area contributed by atoms with Gasteiger partial charge in [-0.15, -0.1) is 24.5 Å². The van der Waals surface area contributed by atoms with Gasteiger partial charge in [0.25, 0.3) is 0 Å². The van der Waals surface area contributed by atoms with Crippen molar-refractivity contribution < 1.29 is 23.0 Å². The van der Waals surface area contributed by atoms with Gasteiger partial charge in [0.15, 0.2) is 0 Å². The minimum atomic E-state index is -4.74. The van der Waals surface area contributed by atoms with E-state index in [0.29, 0.717) is 18.3 Å². The number of aromatic nitrogens is 4. The number of aryl methyl sites for hydroxylation is 3. The summed E-state index contributed by atoms with van der Waals surface area (Å²) < 4.78 is 42.4. The van der Waals surface area contributed by atoms with E-state index >= 15 is 0 Å². The lowest BCUT2D eigenvalue weighted by atomic mass is 9.99. The number of pyridine rings is 1. The summed E-state index contributed by atoms with van der Waals surface area (Å²) in [5.41, 5.74) is 4.87. The fraction of sp³-hybridized carbons (Fsp3) is 0.429. The first kappa shape index (κ1) is 29.5. The molecule has 0 saturated heterocycles. The summed E-state index contributed by atoms with van der Waals surface area (Å²) in [6.45, 7) is 10.3. The quantitative estimate of drug-likeness (QED) is 0.180. The van der Waals surface area contributed by atoms with Crippen molar-refractivity contribution in [3.63, 3.8) is 0 Å². The molecule has 3 heterocycles. The van der Waals surface area contributed by atoms with Crippen molar-refractivity contribution in [1.29, 1.82) is 0 Å². The molecule has 0 aliphatic rings. The number of thiazole rings is 1. The highest BCUT2D eigenvalue weighted by Crippen LogP contribution is 2.37. The maximum Gasteiger partial charge on any atom is 0.573 e. The summed E-state index contributed by atoms with van der Waals surface area (Å²) in [4.78, 5) is 18.9. The Hall–Kier alpha value is -3.51. The van der Waals surface area contributed by atoms with Crippen LogP contribution in [0.2, 0.25) is 0 Å². The van der Waals surface area contributed by atoms with Crippen molar-refractivity contribution in [1.82, 2.24) is 19.9 Å². The van der Waals surface area contributed by atoms with Crippen molar-refractivity contribution in [3.8, 4) is 16.3 Å². The molecule has 4 aromatic rings. The third kappa shape index (κ3) is 7.36. The molecule has 0 aliphatic carbocycles. The molecular formula is C28H33F3N6O2S. The highest BCUT2D eigenvalue weighted by Gasteiger charge is 2.31. The van der Waals surface area contributed by atoms with E-state index in [2.05, 4.69) is 32.3 Å². The zero-order valence-electron chi connectivity index (χ0n) is 23.1. The van der Waals surface area contributed by atoms with Crippen LogP contribution in [0.5, 0.6) is 5.75 Å². The molecule has 1 aromatic carbocycles. The second kappa shape index (κ2) is 12.3. The zero-order valence-corrected chi connectivity index (χ0v) is 23.9. The Balaban J connectivity index is 1.64. The van der Waals surface area contributed by atoms with Crippen molar-refractivity contribution in [2.75, 3.05) is 17.2 Å². The molecule has 0 fully saturated rings. The first-order chi connectivity index (χ1) is 19.0. The van der Waals surface area contributed by atoms with Gasteiger partial charge in [-0.2, -0.15) is 4.98 Å². The third-order valence-electron chi connectivity index (χ3n) is 6.50. The Bertz CT molecular complexity index is 1460. The third-order valence-corrected chi connectivity index (χ3v) is 7.52. The molecule has 0 saturated carbocycles. The summed E-state index contributed by atoms with van der Waals surface area (Å²) in [6, 6.07) is 7.67. The molecule has 214 valence electrons. The van der Waals surface area contributed by atoms with Crippen LogP contribution in [0.3, 0.4) is 0 Å². The average molecular weight is 575 g/mol. The second-order valence-corrected chi connectivity index (χ2v) is 10.9. The molecule has 0 aliphatic heterocycles. The van der Waals surface area contributed by atoms with Gasteiger partial charge >= 0.3 is 6.36 Å². The minimum Gasteiger partial charge on any atom is -0.406 e. The number of halogens is 3. The maximum absolute atomic E-state index is 12.5. The predicted molar refractivity (Wildman–Crippen MR) is 152 cm³/mol. The number of hydrogen-bond acceptors (Lipinski definition) is 9. The first-order valence-corrected chi connectivity index (χ1v) is 13.9. The van der Waals surface area contributed by atoms with Gasteiger partial charge in [-0.1, -0.05) is 25.5 Å². The van der Waals surface area contributed by atoms with E-state index in [0.717, 1.165) is 56.3 Å². The molecule has 8 nitrogen and oxygen atoms in total. The number of benzene rings is 1. The van der Waals surface area contributed by atoms with Crippen LogP contribution in [0.4, 0.5) is 24.9 Å². The van der Waals surface area contributed by atoms with Crippen LogP contribution in [0.15, 0.2) is 30.3 Å². The molecular weight excluding hydrogens is 541 g/mol. The van der Waals surface area contributed by atoms with Crippen molar-refractivity contribution in [2.24, 2.45) is 5.92 Å². The van der Waals surface area contributed by atoms with Gasteiger partial charge in [-0.05, 0) is 63.8 Å². The summed E-state index contributed by atoms with van der Waals surface area (Å²) in [5, 5.41) is 17.2. The number of nitrogens with zero attached hydrogens (tertiary/aromatic N) is 4. The van der Waals surface area contributed by atoms with Crippen LogP contribution in [0, 0.1) is 26.7 Å². The molecule has 0 spiro atoms. The number of ether oxygens (including phenoxy) is 1. The number of anilines is 2. The van der Waals surface area contributed by atoms with Crippen molar-refractivity contribution >= 4 is 33.3 Å². The van der Waals surface area contributed by atoms with Crippen LogP contribution in [-0.2, 0) is 6.54 Å². The lowest BCUT2D eigenvalue weighted by molar-refractivity contribution is -0.274. The van der Waals surface area contributed by atoms with E-state index in [1.807, 2.05) is 33.8 Å². The molecule has 0 radical (unpaired) electrons. The average Bonchev–Trinajstić information content (AvgIpc) is 3.29. The fourth-order valence-electron chi connectivity index (χ4n) is 4.50. The Morgan fingerprint density at radius 3 is 2.40 bits per heavy atom. The van der Waals surface area contributed by atoms with Gasteiger partial charge in [0, 0.05) is 24.9 Å². The Morgan fingerprint density at radius 2 is 1.75 bits per heavy atom. The summed E-state index contributed by atoms with van der Waals surface area (Å²) in [6.07, 6.45) is -3.12. The largest absolute Gasteiger partial charge is 0.573 e. The van der Waals surface area contributed by atoms with E-state index in [4.69, 9.17) is 9.97 Å². The summed E-state index contributed by atoms with van der Waals surface area (Å²) >= 11 is 1.55. The van der Waals surface area contributed by atoms with Gasteiger partial charge in [-0.25, -0.2) is 9.97 Å². The molecule has 0 amide bonds. The number of alkyl halides is 3. The van der Waals surface area contributed by atoms with Crippen LogP contribution >= 0.6 is 11.3 Å². The van der Waals surface area contributed by atoms with E-state index in [1.54, 1.807) is 23.5 Å². The predicted octanol–water partition coefficient (Wildman–Crippen LogP) is 6.79. The van der Waals surface area contributed by atoms with Crippen LogP contribution < -0.4 is 15.4 Å². The van der Waals surface area contributed by atoms with E-state index in [1.165, 1.54) is 12.1 Å². The van der Waals surface area contributed by atoms with Crippen LogP contribution in [-0.4, -0.2) is 44.1 Å².